The Morgan fingerprint density at radius 1 is 1.04 bits per heavy atom. The molecular formula is C19H23BrN2O3. The van der Waals surface area contributed by atoms with Crippen molar-refractivity contribution in [2.45, 2.75) is 26.5 Å². The first-order valence-electron chi connectivity index (χ1n) is 7.96. The average Bonchev–Trinajstić information content (AvgIpc) is 2.60. The summed E-state index contributed by atoms with van der Waals surface area (Å²) >= 11 is 3.47. The molecule has 2 rings (SSSR count). The molecule has 0 aliphatic carbocycles. The molecule has 5 nitrogen and oxygen atoms in total. The van der Waals surface area contributed by atoms with Gasteiger partial charge in [0.2, 0.25) is 0 Å². The summed E-state index contributed by atoms with van der Waals surface area (Å²) in [6.45, 7) is 4.57. The van der Waals surface area contributed by atoms with Crippen molar-refractivity contribution in [3.63, 3.8) is 0 Å². The lowest BCUT2D eigenvalue weighted by Gasteiger charge is -2.12. The highest BCUT2D eigenvalue weighted by molar-refractivity contribution is 9.10. The quantitative estimate of drug-likeness (QED) is 0.521. The molecule has 0 amide bonds. The maximum atomic E-state index is 5.80. The minimum absolute atomic E-state index is 0.105. The largest absolute Gasteiger partial charge is 0.493 e. The molecule has 2 aromatic rings. The molecular weight excluding hydrogens is 384 g/mol. The first-order valence-corrected chi connectivity index (χ1v) is 8.75. The van der Waals surface area contributed by atoms with E-state index in [0.29, 0.717) is 18.0 Å². The van der Waals surface area contributed by atoms with Crippen LogP contribution in [0.3, 0.4) is 0 Å². The molecule has 0 spiro atoms. The zero-order valence-electron chi connectivity index (χ0n) is 14.9. The Balaban J connectivity index is 2.03. The van der Waals surface area contributed by atoms with E-state index in [4.69, 9.17) is 14.2 Å². The van der Waals surface area contributed by atoms with Crippen LogP contribution in [0.2, 0.25) is 0 Å². The maximum Gasteiger partial charge on any atom is 0.161 e. The number of nitrogens with zero attached hydrogens (tertiary/aromatic N) is 1. The Bertz CT molecular complexity index is 733. The van der Waals surface area contributed by atoms with Crippen LogP contribution < -0.4 is 19.6 Å². The van der Waals surface area contributed by atoms with Crippen LogP contribution in [0, 0.1) is 0 Å². The minimum Gasteiger partial charge on any atom is -0.493 e. The summed E-state index contributed by atoms with van der Waals surface area (Å²) < 4.78 is 17.3. The highest BCUT2D eigenvalue weighted by atomic mass is 79.9. The molecule has 0 atom stereocenters. The first-order chi connectivity index (χ1) is 12.0. The third kappa shape index (κ3) is 5.67. The van der Waals surface area contributed by atoms with Crippen LogP contribution >= 0.6 is 15.9 Å². The maximum absolute atomic E-state index is 5.80. The van der Waals surface area contributed by atoms with Gasteiger partial charge in [-0.2, -0.15) is 5.10 Å². The molecule has 6 heteroatoms. The average molecular weight is 407 g/mol. The van der Waals surface area contributed by atoms with Crippen LogP contribution in [-0.4, -0.2) is 26.5 Å². The Hall–Kier alpha value is -2.21. The number of rotatable bonds is 8. The molecule has 0 fully saturated rings. The van der Waals surface area contributed by atoms with Gasteiger partial charge in [-0.1, -0.05) is 22.0 Å². The standard InChI is InChI=1S/C19H23BrN2O3/c1-13(2)25-17-8-6-16(20)10-15(17)12-22-21-11-14-5-7-18(23-3)19(9-14)24-4/h5-10,12-13,21H,11H2,1-4H3/b22-12+. The van der Waals surface area contributed by atoms with Crippen molar-refractivity contribution in [2.24, 2.45) is 5.10 Å². The lowest BCUT2D eigenvalue weighted by Crippen LogP contribution is -2.09. The summed E-state index contributed by atoms with van der Waals surface area (Å²) in [7, 11) is 3.24. The second-order valence-electron chi connectivity index (χ2n) is 5.63. The van der Waals surface area contributed by atoms with Crippen molar-refractivity contribution >= 4 is 22.1 Å². The van der Waals surface area contributed by atoms with Crippen LogP contribution in [0.15, 0.2) is 46.0 Å². The summed E-state index contributed by atoms with van der Waals surface area (Å²) in [5, 5.41) is 4.30. The molecule has 0 heterocycles. The molecule has 0 radical (unpaired) electrons. The molecule has 2 aromatic carbocycles. The van der Waals surface area contributed by atoms with E-state index in [2.05, 4.69) is 26.5 Å². The lowest BCUT2D eigenvalue weighted by molar-refractivity contribution is 0.242. The highest BCUT2D eigenvalue weighted by Gasteiger charge is 2.06. The Labute approximate surface area is 157 Å². The minimum atomic E-state index is 0.105. The molecule has 0 saturated carbocycles. The molecule has 0 unspecified atom stereocenters. The van der Waals surface area contributed by atoms with Crippen LogP contribution in [-0.2, 0) is 6.54 Å². The smallest absolute Gasteiger partial charge is 0.161 e. The van der Waals surface area contributed by atoms with E-state index in [1.165, 1.54) is 0 Å². The Morgan fingerprint density at radius 2 is 1.76 bits per heavy atom. The predicted molar refractivity (Wildman–Crippen MR) is 104 cm³/mol. The van der Waals surface area contributed by atoms with Gasteiger partial charge in [-0.25, -0.2) is 0 Å². The number of nitrogens with one attached hydrogen (secondary N) is 1. The number of hydrogen-bond acceptors (Lipinski definition) is 5. The number of halogens is 1. The van der Waals surface area contributed by atoms with E-state index < -0.39 is 0 Å². The Morgan fingerprint density at radius 3 is 2.44 bits per heavy atom. The number of benzene rings is 2. The molecule has 0 aliphatic rings. The topological polar surface area (TPSA) is 52.1 Å². The van der Waals surface area contributed by atoms with Gasteiger partial charge in [-0.15, -0.1) is 0 Å². The van der Waals surface area contributed by atoms with Gasteiger partial charge in [0.25, 0.3) is 0 Å². The molecule has 0 bridgehead atoms. The summed E-state index contributed by atoms with van der Waals surface area (Å²) in [5.41, 5.74) is 4.99. The Kier molecular flexibility index (Phi) is 7.13. The summed E-state index contributed by atoms with van der Waals surface area (Å²) in [6.07, 6.45) is 1.86. The van der Waals surface area contributed by atoms with E-state index >= 15 is 0 Å². The number of ether oxygens (including phenoxy) is 3. The third-order valence-electron chi connectivity index (χ3n) is 3.36. The SMILES string of the molecule is COc1ccc(CN/N=C/c2cc(Br)ccc2OC(C)C)cc1OC. The van der Waals surface area contributed by atoms with Crippen molar-refractivity contribution in [2.75, 3.05) is 14.2 Å². The zero-order chi connectivity index (χ0) is 18.2. The van der Waals surface area contributed by atoms with Gasteiger partial charge < -0.3 is 19.6 Å². The van der Waals surface area contributed by atoms with Gasteiger partial charge in [-0.05, 0) is 49.7 Å². The van der Waals surface area contributed by atoms with Gasteiger partial charge in [0, 0.05) is 10.0 Å². The second kappa shape index (κ2) is 9.32. The summed E-state index contributed by atoms with van der Waals surface area (Å²) in [5.74, 6) is 2.21. The van der Waals surface area contributed by atoms with E-state index in [-0.39, 0.29) is 6.10 Å². The van der Waals surface area contributed by atoms with Crippen LogP contribution in [0.4, 0.5) is 0 Å². The highest BCUT2D eigenvalue weighted by Crippen LogP contribution is 2.27. The van der Waals surface area contributed by atoms with E-state index in [0.717, 1.165) is 21.3 Å². The van der Waals surface area contributed by atoms with E-state index in [1.54, 1.807) is 20.4 Å². The zero-order valence-corrected chi connectivity index (χ0v) is 16.5. The van der Waals surface area contributed by atoms with Crippen molar-refractivity contribution in [1.82, 2.24) is 5.43 Å². The lowest BCUT2D eigenvalue weighted by atomic mass is 10.2. The van der Waals surface area contributed by atoms with Crippen molar-refractivity contribution in [1.29, 1.82) is 0 Å². The van der Waals surface area contributed by atoms with Gasteiger partial charge in [0.15, 0.2) is 11.5 Å². The van der Waals surface area contributed by atoms with Gasteiger partial charge >= 0.3 is 0 Å². The van der Waals surface area contributed by atoms with Gasteiger partial charge in [-0.3, -0.25) is 0 Å². The fourth-order valence-corrected chi connectivity index (χ4v) is 2.60. The monoisotopic (exact) mass is 406 g/mol. The van der Waals surface area contributed by atoms with Gasteiger partial charge in [0.1, 0.15) is 5.75 Å². The van der Waals surface area contributed by atoms with Crippen LogP contribution in [0.1, 0.15) is 25.0 Å². The van der Waals surface area contributed by atoms with Gasteiger partial charge in [0.05, 0.1) is 33.1 Å². The summed E-state index contributed by atoms with van der Waals surface area (Å²) in [6, 6.07) is 11.6. The second-order valence-corrected chi connectivity index (χ2v) is 6.55. The number of methoxy groups -OCH3 is 2. The molecule has 0 aliphatic heterocycles. The van der Waals surface area contributed by atoms with Crippen LogP contribution in [0.5, 0.6) is 17.2 Å². The van der Waals surface area contributed by atoms with Crippen molar-refractivity contribution in [3.05, 3.63) is 52.0 Å². The number of hydrogen-bond donors (Lipinski definition) is 1. The fraction of sp³-hybridized carbons (Fsp3) is 0.316. The molecule has 0 saturated heterocycles. The van der Waals surface area contributed by atoms with Crippen LogP contribution in [0.25, 0.3) is 0 Å². The third-order valence-corrected chi connectivity index (χ3v) is 3.85. The van der Waals surface area contributed by atoms with E-state index in [1.807, 2.05) is 50.2 Å². The molecule has 25 heavy (non-hydrogen) atoms. The van der Waals surface area contributed by atoms with E-state index in [9.17, 15) is 0 Å². The summed E-state index contributed by atoms with van der Waals surface area (Å²) in [4.78, 5) is 0. The molecule has 1 N–H and O–H groups in total. The molecule has 0 aromatic heterocycles. The normalized spacial score (nSPS) is 11.0. The van der Waals surface area contributed by atoms with Crippen molar-refractivity contribution < 1.29 is 14.2 Å². The predicted octanol–water partition coefficient (Wildman–Crippen LogP) is 4.38. The van der Waals surface area contributed by atoms with Crippen molar-refractivity contribution in [3.8, 4) is 17.2 Å². The number of hydrazone groups is 1. The molecule has 134 valence electrons. The fourth-order valence-electron chi connectivity index (χ4n) is 2.22. The first kappa shape index (κ1) is 19.1.